The number of hydrogen-bond donors (Lipinski definition) is 0. The molecule has 16 heavy (non-hydrogen) atoms. The first kappa shape index (κ1) is 12.3. The SMILES string of the molecule is CN1C(OCC2CO2)CCC(C)(C)C1(C)C. The molecule has 2 heterocycles. The van der Waals surface area contributed by atoms with Crippen LogP contribution in [0.5, 0.6) is 0 Å². The highest BCUT2D eigenvalue weighted by Gasteiger charge is 2.47. The molecule has 0 aromatic rings. The van der Waals surface area contributed by atoms with Crippen LogP contribution >= 0.6 is 0 Å². The summed E-state index contributed by atoms with van der Waals surface area (Å²) in [6.45, 7) is 11.0. The van der Waals surface area contributed by atoms with E-state index < -0.39 is 0 Å². The molecule has 0 saturated carbocycles. The second-order valence-corrected chi connectivity index (χ2v) is 6.34. The number of ether oxygens (including phenoxy) is 2. The molecule has 2 fully saturated rings. The van der Waals surface area contributed by atoms with Gasteiger partial charge in [0.15, 0.2) is 0 Å². The summed E-state index contributed by atoms with van der Waals surface area (Å²) in [5.41, 5.74) is 0.526. The lowest BCUT2D eigenvalue weighted by Gasteiger charge is -2.55. The summed E-state index contributed by atoms with van der Waals surface area (Å²) in [6.07, 6.45) is 2.97. The van der Waals surface area contributed by atoms with E-state index in [9.17, 15) is 0 Å². The predicted molar refractivity (Wildman–Crippen MR) is 64.3 cm³/mol. The van der Waals surface area contributed by atoms with Crippen molar-refractivity contribution in [2.75, 3.05) is 20.3 Å². The molecule has 2 saturated heterocycles. The van der Waals surface area contributed by atoms with Gasteiger partial charge in [0, 0.05) is 5.54 Å². The number of piperidine rings is 1. The Morgan fingerprint density at radius 3 is 2.50 bits per heavy atom. The van der Waals surface area contributed by atoms with Gasteiger partial charge in [-0.05, 0) is 39.2 Å². The van der Waals surface area contributed by atoms with Crippen molar-refractivity contribution in [2.24, 2.45) is 5.41 Å². The minimum absolute atomic E-state index is 0.181. The molecule has 0 radical (unpaired) electrons. The largest absolute Gasteiger partial charge is 0.371 e. The van der Waals surface area contributed by atoms with Crippen LogP contribution in [0.25, 0.3) is 0 Å². The lowest BCUT2D eigenvalue weighted by molar-refractivity contribution is -0.159. The van der Waals surface area contributed by atoms with Gasteiger partial charge in [-0.2, -0.15) is 0 Å². The summed E-state index contributed by atoms with van der Waals surface area (Å²) in [6, 6.07) is 0. The average molecular weight is 227 g/mol. The minimum Gasteiger partial charge on any atom is -0.371 e. The van der Waals surface area contributed by atoms with Crippen LogP contribution in [0.4, 0.5) is 0 Å². The van der Waals surface area contributed by atoms with Crippen molar-refractivity contribution in [1.82, 2.24) is 4.90 Å². The summed E-state index contributed by atoms with van der Waals surface area (Å²) in [5.74, 6) is 0. The third-order valence-electron chi connectivity index (χ3n) is 4.86. The Hall–Kier alpha value is -0.120. The molecule has 2 atom stereocenters. The van der Waals surface area contributed by atoms with Gasteiger partial charge in [0.25, 0.3) is 0 Å². The second kappa shape index (κ2) is 3.97. The standard InChI is InChI=1S/C13H25NO2/c1-12(2)7-6-11(14(5)13(12,3)4)16-9-10-8-15-10/h10-11H,6-9H2,1-5H3. The fourth-order valence-electron chi connectivity index (χ4n) is 2.40. The van der Waals surface area contributed by atoms with Gasteiger partial charge >= 0.3 is 0 Å². The summed E-state index contributed by atoms with van der Waals surface area (Å²) in [5, 5.41) is 0. The molecule has 2 unspecified atom stereocenters. The van der Waals surface area contributed by atoms with Crippen LogP contribution < -0.4 is 0 Å². The number of nitrogens with zero attached hydrogens (tertiary/aromatic N) is 1. The van der Waals surface area contributed by atoms with Crippen LogP contribution in [0.1, 0.15) is 40.5 Å². The molecule has 0 amide bonds. The topological polar surface area (TPSA) is 25.0 Å². The van der Waals surface area contributed by atoms with E-state index in [1.54, 1.807) is 0 Å². The zero-order valence-corrected chi connectivity index (χ0v) is 11.2. The van der Waals surface area contributed by atoms with Crippen LogP contribution in [0.15, 0.2) is 0 Å². The van der Waals surface area contributed by atoms with Crippen LogP contribution in [0.3, 0.4) is 0 Å². The van der Waals surface area contributed by atoms with E-state index in [1.165, 1.54) is 6.42 Å². The first-order valence-corrected chi connectivity index (χ1v) is 6.31. The molecule has 0 spiro atoms. The van der Waals surface area contributed by atoms with Crippen molar-refractivity contribution >= 4 is 0 Å². The third-order valence-corrected chi connectivity index (χ3v) is 4.86. The van der Waals surface area contributed by atoms with Crippen molar-refractivity contribution < 1.29 is 9.47 Å². The lowest BCUT2D eigenvalue weighted by Crippen LogP contribution is -2.60. The Morgan fingerprint density at radius 2 is 1.94 bits per heavy atom. The van der Waals surface area contributed by atoms with E-state index >= 15 is 0 Å². The maximum atomic E-state index is 5.95. The zero-order valence-electron chi connectivity index (χ0n) is 11.2. The lowest BCUT2D eigenvalue weighted by atomic mass is 9.68. The van der Waals surface area contributed by atoms with Crippen molar-refractivity contribution in [1.29, 1.82) is 0 Å². The molecule has 2 rings (SSSR count). The molecule has 94 valence electrons. The van der Waals surface area contributed by atoms with E-state index in [0.29, 0.717) is 11.5 Å². The molecule has 0 aromatic heterocycles. The van der Waals surface area contributed by atoms with E-state index in [1.807, 2.05) is 0 Å². The molecule has 3 nitrogen and oxygen atoms in total. The first-order valence-electron chi connectivity index (χ1n) is 6.31. The van der Waals surface area contributed by atoms with Crippen LogP contribution in [-0.4, -0.2) is 43.0 Å². The Bertz CT molecular complexity index is 257. The number of epoxide rings is 1. The quantitative estimate of drug-likeness (QED) is 0.691. The van der Waals surface area contributed by atoms with Crippen molar-refractivity contribution in [2.45, 2.75) is 58.4 Å². The van der Waals surface area contributed by atoms with Gasteiger partial charge in [-0.1, -0.05) is 13.8 Å². The zero-order chi connectivity index (χ0) is 12.0. The Morgan fingerprint density at radius 1 is 1.31 bits per heavy atom. The van der Waals surface area contributed by atoms with Crippen LogP contribution in [-0.2, 0) is 9.47 Å². The van der Waals surface area contributed by atoms with Gasteiger partial charge in [0.2, 0.25) is 0 Å². The van der Waals surface area contributed by atoms with E-state index in [2.05, 4.69) is 39.6 Å². The van der Waals surface area contributed by atoms with E-state index in [0.717, 1.165) is 19.6 Å². The third kappa shape index (κ3) is 2.13. The van der Waals surface area contributed by atoms with Gasteiger partial charge < -0.3 is 9.47 Å². The first-order chi connectivity index (χ1) is 7.34. The van der Waals surface area contributed by atoms with Crippen molar-refractivity contribution in [3.05, 3.63) is 0 Å². The van der Waals surface area contributed by atoms with Gasteiger partial charge in [0.05, 0.1) is 13.2 Å². The maximum absolute atomic E-state index is 5.95. The Labute approximate surface area is 99.1 Å². The van der Waals surface area contributed by atoms with Crippen molar-refractivity contribution in [3.63, 3.8) is 0 Å². The monoisotopic (exact) mass is 227 g/mol. The minimum atomic E-state index is 0.181. The number of likely N-dealkylation sites (tertiary alicyclic amines) is 1. The second-order valence-electron chi connectivity index (χ2n) is 6.34. The van der Waals surface area contributed by atoms with Crippen LogP contribution in [0, 0.1) is 5.41 Å². The molecule has 0 aliphatic carbocycles. The highest BCUT2D eigenvalue weighted by atomic mass is 16.6. The maximum Gasteiger partial charge on any atom is 0.110 e. The molecule has 0 bridgehead atoms. The fourth-order valence-corrected chi connectivity index (χ4v) is 2.40. The fraction of sp³-hybridized carbons (Fsp3) is 1.00. The van der Waals surface area contributed by atoms with Gasteiger partial charge in [0.1, 0.15) is 12.3 Å². The smallest absolute Gasteiger partial charge is 0.110 e. The summed E-state index contributed by atoms with van der Waals surface area (Å²) in [7, 11) is 2.18. The summed E-state index contributed by atoms with van der Waals surface area (Å²) >= 11 is 0. The van der Waals surface area contributed by atoms with Crippen molar-refractivity contribution in [3.8, 4) is 0 Å². The van der Waals surface area contributed by atoms with E-state index in [-0.39, 0.29) is 11.8 Å². The van der Waals surface area contributed by atoms with Gasteiger partial charge in [-0.15, -0.1) is 0 Å². The molecule has 0 N–H and O–H groups in total. The molecule has 3 heteroatoms. The van der Waals surface area contributed by atoms with E-state index in [4.69, 9.17) is 9.47 Å². The molecule has 0 aromatic carbocycles. The van der Waals surface area contributed by atoms with Crippen LogP contribution in [0.2, 0.25) is 0 Å². The highest BCUT2D eigenvalue weighted by Crippen LogP contribution is 2.45. The molecule has 2 aliphatic rings. The number of rotatable bonds is 3. The Kier molecular flexibility index (Phi) is 3.06. The molecular formula is C13H25NO2. The summed E-state index contributed by atoms with van der Waals surface area (Å²) in [4.78, 5) is 2.39. The molecular weight excluding hydrogens is 202 g/mol. The highest BCUT2D eigenvalue weighted by molar-refractivity contribution is 4.98. The van der Waals surface area contributed by atoms with Gasteiger partial charge in [-0.3, -0.25) is 4.90 Å². The molecule has 2 aliphatic heterocycles. The summed E-state index contributed by atoms with van der Waals surface area (Å²) < 4.78 is 11.1. The normalized spacial score (nSPS) is 37.3. The number of hydrogen-bond acceptors (Lipinski definition) is 3. The Balaban J connectivity index is 1.96. The predicted octanol–water partition coefficient (Wildman–Crippen LogP) is 2.26. The van der Waals surface area contributed by atoms with Gasteiger partial charge in [-0.25, -0.2) is 0 Å². The average Bonchev–Trinajstić information content (AvgIpc) is 2.98.